The molecule has 2 aliphatic rings. The number of carbonyl (C=O) groups excluding carboxylic acids is 4. The summed E-state index contributed by atoms with van der Waals surface area (Å²) in [7, 11) is 0. The molecule has 1 aromatic rings. The zero-order valence-corrected chi connectivity index (χ0v) is 14.9. The van der Waals surface area contributed by atoms with Crippen molar-refractivity contribution in [3.05, 3.63) is 35.4 Å². The number of nitrogens with zero attached hydrogens (tertiary/aromatic N) is 2. The molecule has 1 aliphatic heterocycles. The lowest BCUT2D eigenvalue weighted by Crippen LogP contribution is -2.46. The van der Waals surface area contributed by atoms with E-state index in [0.717, 1.165) is 17.7 Å². The van der Waals surface area contributed by atoms with E-state index in [9.17, 15) is 19.2 Å². The fourth-order valence-electron chi connectivity index (χ4n) is 3.10. The number of hydrogen-bond acceptors (Lipinski definition) is 5. The first-order chi connectivity index (χ1) is 12.4. The molecule has 1 saturated carbocycles. The van der Waals surface area contributed by atoms with Crippen LogP contribution in [0.3, 0.4) is 0 Å². The van der Waals surface area contributed by atoms with Gasteiger partial charge in [0.1, 0.15) is 6.54 Å². The van der Waals surface area contributed by atoms with Gasteiger partial charge in [-0.15, -0.1) is 0 Å². The molecule has 1 unspecified atom stereocenters. The quantitative estimate of drug-likeness (QED) is 0.544. The Labute approximate surface area is 151 Å². The summed E-state index contributed by atoms with van der Waals surface area (Å²) in [6.07, 6.45) is 1.73. The second-order valence-electron chi connectivity index (χ2n) is 6.67. The van der Waals surface area contributed by atoms with Crippen molar-refractivity contribution >= 4 is 23.7 Å². The van der Waals surface area contributed by atoms with E-state index < -0.39 is 17.7 Å². The third-order valence-electron chi connectivity index (χ3n) is 4.64. The van der Waals surface area contributed by atoms with Gasteiger partial charge >= 0.3 is 5.97 Å². The van der Waals surface area contributed by atoms with Crippen molar-refractivity contribution in [2.75, 3.05) is 19.7 Å². The Balaban J connectivity index is 1.69. The van der Waals surface area contributed by atoms with Crippen LogP contribution in [0.15, 0.2) is 24.3 Å². The predicted molar refractivity (Wildman–Crippen MR) is 92.3 cm³/mol. The summed E-state index contributed by atoms with van der Waals surface area (Å²) in [4.78, 5) is 52.1. The lowest BCUT2D eigenvalue weighted by atomic mass is 10.1. The highest BCUT2D eigenvalue weighted by Gasteiger charge is 2.40. The van der Waals surface area contributed by atoms with Crippen LogP contribution in [-0.2, 0) is 14.3 Å². The summed E-state index contributed by atoms with van der Waals surface area (Å²) in [5, 5.41) is 0. The molecule has 26 heavy (non-hydrogen) atoms. The van der Waals surface area contributed by atoms with Gasteiger partial charge in [0, 0.05) is 12.6 Å². The van der Waals surface area contributed by atoms with E-state index >= 15 is 0 Å². The number of benzene rings is 1. The summed E-state index contributed by atoms with van der Waals surface area (Å²) in [6.45, 7) is 3.65. The van der Waals surface area contributed by atoms with Crippen LogP contribution in [0, 0.1) is 5.92 Å². The highest BCUT2D eigenvalue weighted by molar-refractivity contribution is 6.22. The van der Waals surface area contributed by atoms with Gasteiger partial charge in [-0.1, -0.05) is 19.1 Å². The Morgan fingerprint density at radius 1 is 1.19 bits per heavy atom. The monoisotopic (exact) mass is 358 g/mol. The van der Waals surface area contributed by atoms with Crippen molar-refractivity contribution in [2.24, 2.45) is 5.92 Å². The van der Waals surface area contributed by atoms with Crippen molar-refractivity contribution in [2.45, 2.75) is 32.7 Å². The molecule has 1 fully saturated rings. The molecule has 1 heterocycles. The van der Waals surface area contributed by atoms with Crippen LogP contribution < -0.4 is 0 Å². The van der Waals surface area contributed by atoms with Gasteiger partial charge in [-0.05, 0) is 31.9 Å². The number of hydrogen-bond donors (Lipinski definition) is 0. The number of imide groups is 1. The van der Waals surface area contributed by atoms with Crippen LogP contribution in [-0.4, -0.2) is 59.2 Å². The van der Waals surface area contributed by atoms with Crippen LogP contribution >= 0.6 is 0 Å². The molecular formula is C19H22N2O5. The van der Waals surface area contributed by atoms with Gasteiger partial charge in [-0.3, -0.25) is 24.1 Å². The molecule has 0 bridgehead atoms. The average molecular weight is 358 g/mol. The van der Waals surface area contributed by atoms with Gasteiger partial charge in [0.2, 0.25) is 5.91 Å². The molecule has 0 spiro atoms. The Bertz CT molecular complexity index is 721. The normalized spacial score (nSPS) is 17.1. The first kappa shape index (κ1) is 18.1. The molecule has 138 valence electrons. The van der Waals surface area contributed by atoms with E-state index in [1.165, 1.54) is 0 Å². The molecule has 0 radical (unpaired) electrons. The first-order valence-corrected chi connectivity index (χ1v) is 8.85. The summed E-state index contributed by atoms with van der Waals surface area (Å²) >= 11 is 0. The molecule has 3 rings (SSSR count). The maximum absolute atomic E-state index is 12.8. The van der Waals surface area contributed by atoms with Crippen LogP contribution in [0.2, 0.25) is 0 Å². The molecular weight excluding hydrogens is 336 g/mol. The molecule has 7 heteroatoms. The molecule has 1 aliphatic carbocycles. The summed E-state index contributed by atoms with van der Waals surface area (Å²) in [6, 6.07) is 6.61. The second-order valence-corrected chi connectivity index (χ2v) is 6.67. The van der Waals surface area contributed by atoms with E-state index in [1.54, 1.807) is 43.0 Å². The lowest BCUT2D eigenvalue weighted by Gasteiger charge is -2.26. The molecule has 0 N–H and O–H groups in total. The largest absolute Gasteiger partial charge is 0.466 e. The Kier molecular flexibility index (Phi) is 5.06. The van der Waals surface area contributed by atoms with Crippen molar-refractivity contribution in [3.8, 4) is 0 Å². The minimum atomic E-state index is -0.457. The highest BCUT2D eigenvalue weighted by Crippen LogP contribution is 2.29. The number of fused-ring (bicyclic) bond motifs is 1. The summed E-state index contributed by atoms with van der Waals surface area (Å²) in [5.74, 6) is -2.03. The Morgan fingerprint density at radius 2 is 1.77 bits per heavy atom. The van der Waals surface area contributed by atoms with E-state index in [2.05, 4.69) is 0 Å². The van der Waals surface area contributed by atoms with E-state index in [1.807, 2.05) is 0 Å². The minimum absolute atomic E-state index is 0.0644. The van der Waals surface area contributed by atoms with E-state index in [4.69, 9.17) is 4.74 Å². The molecule has 0 aromatic heterocycles. The van der Waals surface area contributed by atoms with Crippen molar-refractivity contribution < 1.29 is 23.9 Å². The minimum Gasteiger partial charge on any atom is -0.466 e. The molecule has 1 aromatic carbocycles. The van der Waals surface area contributed by atoms with E-state index in [0.29, 0.717) is 11.1 Å². The zero-order valence-electron chi connectivity index (χ0n) is 14.9. The average Bonchev–Trinajstić information content (AvgIpc) is 3.44. The van der Waals surface area contributed by atoms with Crippen molar-refractivity contribution in [1.82, 2.24) is 9.80 Å². The maximum Gasteiger partial charge on any atom is 0.310 e. The van der Waals surface area contributed by atoms with Crippen LogP contribution in [0.5, 0.6) is 0 Å². The molecule has 3 amide bonds. The third kappa shape index (κ3) is 3.47. The van der Waals surface area contributed by atoms with Gasteiger partial charge in [0.05, 0.1) is 23.7 Å². The van der Waals surface area contributed by atoms with Gasteiger partial charge in [-0.25, -0.2) is 0 Å². The molecule has 1 atom stereocenters. The third-order valence-corrected chi connectivity index (χ3v) is 4.64. The fraction of sp³-hybridized carbons (Fsp3) is 0.474. The number of esters is 1. The number of ether oxygens (including phenoxy) is 1. The van der Waals surface area contributed by atoms with Crippen LogP contribution in [0.4, 0.5) is 0 Å². The Morgan fingerprint density at radius 3 is 2.27 bits per heavy atom. The number of amides is 3. The molecule has 7 nitrogen and oxygen atoms in total. The van der Waals surface area contributed by atoms with Gasteiger partial charge in [-0.2, -0.15) is 0 Å². The standard InChI is InChI=1S/C19H22N2O5/c1-3-26-19(25)12(2)10-20(13-8-9-13)16(22)11-21-17(23)14-6-4-5-7-15(14)18(21)24/h4-7,12-13H,3,8-11H2,1-2H3. The summed E-state index contributed by atoms with van der Waals surface area (Å²) < 4.78 is 5.00. The fourth-order valence-corrected chi connectivity index (χ4v) is 3.10. The van der Waals surface area contributed by atoms with Gasteiger partial charge < -0.3 is 9.64 Å². The maximum atomic E-state index is 12.8. The predicted octanol–water partition coefficient (Wildman–Crippen LogP) is 1.47. The first-order valence-electron chi connectivity index (χ1n) is 8.85. The lowest BCUT2D eigenvalue weighted by molar-refractivity contribution is -0.149. The van der Waals surface area contributed by atoms with E-state index in [-0.39, 0.29) is 37.6 Å². The number of rotatable bonds is 7. The van der Waals surface area contributed by atoms with Crippen molar-refractivity contribution in [3.63, 3.8) is 0 Å². The van der Waals surface area contributed by atoms with Crippen molar-refractivity contribution in [1.29, 1.82) is 0 Å². The second kappa shape index (κ2) is 7.27. The highest BCUT2D eigenvalue weighted by atomic mass is 16.5. The zero-order chi connectivity index (χ0) is 18.8. The number of carbonyl (C=O) groups is 4. The SMILES string of the molecule is CCOC(=O)C(C)CN(C(=O)CN1C(=O)c2ccccc2C1=O)C1CC1. The summed E-state index contributed by atoms with van der Waals surface area (Å²) in [5.41, 5.74) is 0.645. The van der Waals surface area contributed by atoms with Gasteiger partial charge in [0.15, 0.2) is 0 Å². The Hall–Kier alpha value is -2.70. The van der Waals surface area contributed by atoms with Crippen LogP contribution in [0.1, 0.15) is 47.4 Å². The smallest absolute Gasteiger partial charge is 0.310 e. The van der Waals surface area contributed by atoms with Gasteiger partial charge in [0.25, 0.3) is 11.8 Å². The molecule has 0 saturated heterocycles. The van der Waals surface area contributed by atoms with Crippen LogP contribution in [0.25, 0.3) is 0 Å². The topological polar surface area (TPSA) is 84.0 Å².